The number of imide groups is 1. The molecule has 0 atom stereocenters. The van der Waals surface area contributed by atoms with E-state index in [0.29, 0.717) is 5.69 Å². The topological polar surface area (TPSA) is 78.5 Å². The first kappa shape index (κ1) is 20.1. The predicted molar refractivity (Wildman–Crippen MR) is 120 cm³/mol. The van der Waals surface area contributed by atoms with Gasteiger partial charge in [-0.2, -0.15) is 0 Å². The molecule has 6 nitrogen and oxygen atoms in total. The van der Waals surface area contributed by atoms with Crippen LogP contribution in [0.4, 0.5) is 10.5 Å². The Morgan fingerprint density at radius 2 is 1.68 bits per heavy atom. The summed E-state index contributed by atoms with van der Waals surface area (Å²) in [4.78, 5) is 36.7. The van der Waals surface area contributed by atoms with Crippen LogP contribution in [0.15, 0.2) is 84.9 Å². The summed E-state index contributed by atoms with van der Waals surface area (Å²) in [5, 5.41) is 5.30. The molecule has 1 heterocycles. The fourth-order valence-corrected chi connectivity index (χ4v) is 3.30. The molecule has 4 amide bonds. The minimum absolute atomic E-state index is 0.0353. The van der Waals surface area contributed by atoms with E-state index in [1.807, 2.05) is 54.6 Å². The zero-order valence-electron chi connectivity index (χ0n) is 16.7. The molecule has 3 aromatic carbocycles. The lowest BCUT2D eigenvalue weighted by atomic mass is 10.0. The standard InChI is InChI=1S/C25H21N3O3/c29-23(14-11-18-5-4-8-21(15-18)20-6-2-1-3-7-20)27-22-12-9-19(10-13-22)17-28-24(30)16-26-25(28)31/h1-15H,16-17H2,(H,26,31)(H,27,29)/b14-11+. The van der Waals surface area contributed by atoms with E-state index in [2.05, 4.69) is 10.6 Å². The van der Waals surface area contributed by atoms with Gasteiger partial charge < -0.3 is 10.6 Å². The summed E-state index contributed by atoms with van der Waals surface area (Å²) in [6.45, 7) is 0.240. The van der Waals surface area contributed by atoms with Crippen molar-refractivity contribution in [2.75, 3.05) is 11.9 Å². The van der Waals surface area contributed by atoms with Gasteiger partial charge in [0.25, 0.3) is 0 Å². The number of benzene rings is 3. The third-order valence-electron chi connectivity index (χ3n) is 4.92. The van der Waals surface area contributed by atoms with Crippen molar-refractivity contribution in [2.45, 2.75) is 6.54 Å². The van der Waals surface area contributed by atoms with E-state index < -0.39 is 0 Å². The second kappa shape index (κ2) is 9.09. The molecule has 0 aromatic heterocycles. The summed E-state index contributed by atoms with van der Waals surface area (Å²) in [6, 6.07) is 24.7. The molecule has 0 unspecified atom stereocenters. The van der Waals surface area contributed by atoms with Crippen LogP contribution in [0, 0.1) is 0 Å². The van der Waals surface area contributed by atoms with E-state index in [-0.39, 0.29) is 30.9 Å². The van der Waals surface area contributed by atoms with Crippen molar-refractivity contribution in [3.8, 4) is 11.1 Å². The Balaban J connectivity index is 1.36. The van der Waals surface area contributed by atoms with Crippen LogP contribution in [0.2, 0.25) is 0 Å². The first-order chi connectivity index (χ1) is 15.1. The monoisotopic (exact) mass is 411 g/mol. The van der Waals surface area contributed by atoms with Crippen LogP contribution in [0.1, 0.15) is 11.1 Å². The van der Waals surface area contributed by atoms with E-state index in [0.717, 1.165) is 22.3 Å². The van der Waals surface area contributed by atoms with Gasteiger partial charge in [-0.25, -0.2) is 4.79 Å². The molecule has 2 N–H and O–H groups in total. The normalized spacial score (nSPS) is 13.5. The fourth-order valence-electron chi connectivity index (χ4n) is 3.30. The lowest BCUT2D eigenvalue weighted by Gasteiger charge is -2.12. The smallest absolute Gasteiger partial charge is 0.324 e. The molecule has 0 saturated carbocycles. The number of carbonyl (C=O) groups is 3. The summed E-state index contributed by atoms with van der Waals surface area (Å²) >= 11 is 0. The maximum Gasteiger partial charge on any atom is 0.324 e. The van der Waals surface area contributed by atoms with Crippen LogP contribution in [-0.2, 0) is 16.1 Å². The number of nitrogens with one attached hydrogen (secondary N) is 2. The third-order valence-corrected chi connectivity index (χ3v) is 4.92. The van der Waals surface area contributed by atoms with Crippen molar-refractivity contribution in [2.24, 2.45) is 0 Å². The minimum atomic E-state index is -0.385. The molecular formula is C25H21N3O3. The van der Waals surface area contributed by atoms with Crippen molar-refractivity contribution < 1.29 is 14.4 Å². The summed E-state index contributed by atoms with van der Waals surface area (Å²) in [5.74, 6) is -0.490. The van der Waals surface area contributed by atoms with Crippen LogP contribution in [0.5, 0.6) is 0 Å². The lowest BCUT2D eigenvalue weighted by Crippen LogP contribution is -2.30. The highest BCUT2D eigenvalue weighted by atomic mass is 16.2. The van der Waals surface area contributed by atoms with Gasteiger partial charge >= 0.3 is 6.03 Å². The van der Waals surface area contributed by atoms with Crippen molar-refractivity contribution >= 4 is 29.6 Å². The summed E-state index contributed by atoms with van der Waals surface area (Å²) in [6.07, 6.45) is 3.26. The largest absolute Gasteiger partial charge is 0.329 e. The Morgan fingerprint density at radius 1 is 0.935 bits per heavy atom. The average Bonchev–Trinajstić information content (AvgIpc) is 3.12. The molecule has 31 heavy (non-hydrogen) atoms. The number of anilines is 1. The van der Waals surface area contributed by atoms with Gasteiger partial charge in [-0.3, -0.25) is 14.5 Å². The van der Waals surface area contributed by atoms with Crippen molar-refractivity contribution in [1.82, 2.24) is 10.2 Å². The maximum atomic E-state index is 12.3. The van der Waals surface area contributed by atoms with Gasteiger partial charge in [-0.1, -0.05) is 60.7 Å². The lowest BCUT2D eigenvalue weighted by molar-refractivity contribution is -0.125. The van der Waals surface area contributed by atoms with E-state index in [1.165, 1.54) is 11.0 Å². The van der Waals surface area contributed by atoms with Crippen LogP contribution >= 0.6 is 0 Å². The second-order valence-electron chi connectivity index (χ2n) is 7.15. The van der Waals surface area contributed by atoms with Crippen LogP contribution in [-0.4, -0.2) is 29.3 Å². The second-order valence-corrected chi connectivity index (χ2v) is 7.15. The zero-order valence-corrected chi connectivity index (χ0v) is 16.7. The molecule has 1 aliphatic rings. The van der Waals surface area contributed by atoms with Gasteiger partial charge in [-0.05, 0) is 46.5 Å². The molecule has 4 rings (SSSR count). The minimum Gasteiger partial charge on any atom is -0.329 e. The van der Waals surface area contributed by atoms with E-state index in [4.69, 9.17) is 0 Å². The third kappa shape index (κ3) is 5.05. The van der Waals surface area contributed by atoms with E-state index in [9.17, 15) is 14.4 Å². The first-order valence-electron chi connectivity index (χ1n) is 9.90. The molecule has 0 radical (unpaired) electrons. The van der Waals surface area contributed by atoms with Gasteiger partial charge in [0.15, 0.2) is 0 Å². The number of urea groups is 1. The highest BCUT2D eigenvalue weighted by Crippen LogP contribution is 2.20. The van der Waals surface area contributed by atoms with Gasteiger partial charge in [0, 0.05) is 11.8 Å². The van der Waals surface area contributed by atoms with Gasteiger partial charge in [-0.15, -0.1) is 0 Å². The molecule has 0 spiro atoms. The summed E-state index contributed by atoms with van der Waals surface area (Å²) in [7, 11) is 0. The van der Waals surface area contributed by atoms with Gasteiger partial charge in [0.1, 0.15) is 0 Å². The fraction of sp³-hybridized carbons (Fsp3) is 0.0800. The number of hydrogen-bond acceptors (Lipinski definition) is 3. The molecule has 1 aliphatic heterocycles. The number of carbonyl (C=O) groups excluding carboxylic acids is 3. The number of nitrogens with zero attached hydrogens (tertiary/aromatic N) is 1. The molecule has 1 saturated heterocycles. The Morgan fingerprint density at radius 3 is 2.39 bits per heavy atom. The molecule has 154 valence electrons. The number of rotatable bonds is 6. The van der Waals surface area contributed by atoms with Crippen LogP contribution < -0.4 is 10.6 Å². The Kier molecular flexibility index (Phi) is 5.89. The van der Waals surface area contributed by atoms with Crippen LogP contribution in [0.25, 0.3) is 17.2 Å². The van der Waals surface area contributed by atoms with Gasteiger partial charge in [0.2, 0.25) is 11.8 Å². The Bertz CT molecular complexity index is 1120. The molecule has 0 bridgehead atoms. The first-order valence-corrected chi connectivity index (χ1v) is 9.90. The quantitative estimate of drug-likeness (QED) is 0.474. The van der Waals surface area contributed by atoms with Gasteiger partial charge in [0.05, 0.1) is 13.1 Å². The summed E-state index contributed by atoms with van der Waals surface area (Å²) < 4.78 is 0. The molecular weight excluding hydrogens is 390 g/mol. The predicted octanol–water partition coefficient (Wildman–Crippen LogP) is 4.06. The average molecular weight is 411 g/mol. The molecule has 3 aromatic rings. The van der Waals surface area contributed by atoms with Crippen molar-refractivity contribution in [3.63, 3.8) is 0 Å². The van der Waals surface area contributed by atoms with E-state index in [1.54, 1.807) is 30.3 Å². The highest BCUT2D eigenvalue weighted by Gasteiger charge is 2.28. The molecule has 1 fully saturated rings. The van der Waals surface area contributed by atoms with E-state index >= 15 is 0 Å². The molecule has 6 heteroatoms. The summed E-state index contributed by atoms with van der Waals surface area (Å²) in [5.41, 5.74) is 4.57. The zero-order chi connectivity index (χ0) is 21.6. The molecule has 0 aliphatic carbocycles. The maximum absolute atomic E-state index is 12.3. The van der Waals surface area contributed by atoms with Crippen molar-refractivity contribution in [3.05, 3.63) is 96.1 Å². The van der Waals surface area contributed by atoms with Crippen molar-refractivity contribution in [1.29, 1.82) is 0 Å². The Labute approximate surface area is 180 Å². The number of hydrogen-bond donors (Lipinski definition) is 2. The number of amides is 4. The van der Waals surface area contributed by atoms with Crippen LogP contribution in [0.3, 0.4) is 0 Å². The Hall–Kier alpha value is -4.19. The SMILES string of the molecule is O=C(/C=C/c1cccc(-c2ccccc2)c1)Nc1ccc(CN2C(=O)CNC2=O)cc1. The highest BCUT2D eigenvalue weighted by molar-refractivity contribution is 6.02.